The van der Waals surface area contributed by atoms with Crippen LogP contribution in [0, 0.1) is 0 Å². The Hall–Kier alpha value is -1.36. The molecule has 1 heterocycles. The lowest BCUT2D eigenvalue weighted by Gasteiger charge is -2.11. The number of carbonyl (C=O) groups is 1. The van der Waals surface area contributed by atoms with E-state index in [1.807, 2.05) is 0 Å². The highest BCUT2D eigenvalue weighted by Gasteiger charge is 2.16. The number of nitrogens with one attached hydrogen (secondary N) is 3. The number of aromatic nitrogens is 2. The fourth-order valence-corrected chi connectivity index (χ4v) is 2.04. The van der Waals surface area contributed by atoms with Crippen molar-refractivity contribution in [2.45, 2.75) is 38.3 Å². The van der Waals surface area contributed by atoms with Crippen molar-refractivity contribution in [3.05, 3.63) is 18.2 Å². The third-order valence-corrected chi connectivity index (χ3v) is 2.88. The number of H-pyrrole nitrogens is 1. The van der Waals surface area contributed by atoms with Gasteiger partial charge in [-0.05, 0) is 12.8 Å². The molecule has 0 aliphatic heterocycles. The lowest BCUT2D eigenvalue weighted by molar-refractivity contribution is -0.120. The molecule has 0 radical (unpaired) electrons. The Morgan fingerprint density at radius 3 is 3.00 bits per heavy atom. The summed E-state index contributed by atoms with van der Waals surface area (Å²) in [6.07, 6.45) is 8.13. The van der Waals surface area contributed by atoms with Crippen LogP contribution in [-0.2, 0) is 11.3 Å². The van der Waals surface area contributed by atoms with E-state index in [9.17, 15) is 4.79 Å². The van der Waals surface area contributed by atoms with Crippen LogP contribution in [0.3, 0.4) is 0 Å². The molecular formula is C11H18N4O. The van der Waals surface area contributed by atoms with Gasteiger partial charge >= 0.3 is 0 Å². The zero-order valence-electron chi connectivity index (χ0n) is 9.33. The fourth-order valence-electron chi connectivity index (χ4n) is 2.04. The van der Waals surface area contributed by atoms with Gasteiger partial charge in [-0.1, -0.05) is 12.8 Å². The van der Waals surface area contributed by atoms with Crippen molar-refractivity contribution in [3.63, 3.8) is 0 Å². The molecule has 1 fully saturated rings. The quantitative estimate of drug-likeness (QED) is 0.681. The zero-order chi connectivity index (χ0) is 11.2. The minimum atomic E-state index is 0.0893. The summed E-state index contributed by atoms with van der Waals surface area (Å²) in [7, 11) is 0. The molecule has 0 atom stereocenters. The fraction of sp³-hybridized carbons (Fsp3) is 0.636. The Kier molecular flexibility index (Phi) is 3.93. The molecule has 2 rings (SSSR count). The summed E-state index contributed by atoms with van der Waals surface area (Å²) in [5, 5.41) is 6.11. The van der Waals surface area contributed by atoms with Crippen LogP contribution in [0.5, 0.6) is 0 Å². The van der Waals surface area contributed by atoms with Gasteiger partial charge in [-0.3, -0.25) is 4.79 Å². The molecule has 0 spiro atoms. The molecule has 1 aromatic heterocycles. The van der Waals surface area contributed by atoms with Gasteiger partial charge < -0.3 is 15.6 Å². The Morgan fingerprint density at radius 1 is 1.50 bits per heavy atom. The van der Waals surface area contributed by atoms with Crippen molar-refractivity contribution in [2.24, 2.45) is 0 Å². The summed E-state index contributed by atoms with van der Waals surface area (Å²) in [4.78, 5) is 18.4. The number of carbonyl (C=O) groups excluding carboxylic acids is 1. The topological polar surface area (TPSA) is 69.8 Å². The van der Waals surface area contributed by atoms with E-state index in [0.717, 1.165) is 18.5 Å². The molecule has 1 aliphatic rings. The van der Waals surface area contributed by atoms with Crippen molar-refractivity contribution >= 4 is 5.91 Å². The van der Waals surface area contributed by atoms with Crippen LogP contribution in [-0.4, -0.2) is 28.5 Å². The summed E-state index contributed by atoms with van der Waals surface area (Å²) < 4.78 is 0. The minimum absolute atomic E-state index is 0.0893. The molecular weight excluding hydrogens is 204 g/mol. The van der Waals surface area contributed by atoms with Crippen LogP contribution in [0.2, 0.25) is 0 Å². The highest BCUT2D eigenvalue weighted by atomic mass is 16.1. The Bertz CT molecular complexity index is 317. The first-order chi connectivity index (χ1) is 7.84. The first-order valence-electron chi connectivity index (χ1n) is 5.82. The Labute approximate surface area is 95.0 Å². The van der Waals surface area contributed by atoms with E-state index in [0.29, 0.717) is 19.1 Å². The minimum Gasteiger partial charge on any atom is -0.352 e. The average Bonchev–Trinajstić information content (AvgIpc) is 2.90. The molecule has 1 aromatic rings. The number of imidazole rings is 1. The first-order valence-corrected chi connectivity index (χ1v) is 5.82. The molecule has 1 amide bonds. The number of hydrogen-bond donors (Lipinski definition) is 3. The maximum absolute atomic E-state index is 11.5. The van der Waals surface area contributed by atoms with Gasteiger partial charge in [-0.2, -0.15) is 0 Å². The number of rotatable bonds is 5. The Morgan fingerprint density at radius 2 is 2.31 bits per heavy atom. The van der Waals surface area contributed by atoms with Gasteiger partial charge in [0.25, 0.3) is 0 Å². The first kappa shape index (κ1) is 11.1. The van der Waals surface area contributed by atoms with Crippen LogP contribution >= 0.6 is 0 Å². The van der Waals surface area contributed by atoms with Crippen LogP contribution in [0.4, 0.5) is 0 Å². The maximum atomic E-state index is 11.5. The molecule has 0 bridgehead atoms. The highest BCUT2D eigenvalue weighted by molar-refractivity contribution is 5.78. The zero-order valence-corrected chi connectivity index (χ0v) is 9.33. The summed E-state index contributed by atoms with van der Waals surface area (Å²) >= 11 is 0. The molecule has 5 nitrogen and oxygen atoms in total. The summed E-state index contributed by atoms with van der Waals surface area (Å²) in [5.74, 6) is 0.0893. The van der Waals surface area contributed by atoms with Gasteiger partial charge in [0.2, 0.25) is 5.91 Å². The molecule has 3 N–H and O–H groups in total. The predicted molar refractivity (Wildman–Crippen MR) is 60.7 cm³/mol. The molecule has 5 heteroatoms. The van der Waals surface area contributed by atoms with Gasteiger partial charge in [0.1, 0.15) is 0 Å². The van der Waals surface area contributed by atoms with Gasteiger partial charge in [0.05, 0.1) is 12.9 Å². The number of hydrogen-bond acceptors (Lipinski definition) is 3. The molecule has 1 aliphatic carbocycles. The van der Waals surface area contributed by atoms with Gasteiger partial charge in [0.15, 0.2) is 0 Å². The SMILES string of the molecule is O=C(CNCc1cnc[nH]1)NC1CCCC1. The van der Waals surface area contributed by atoms with Crippen LogP contribution in [0.1, 0.15) is 31.4 Å². The van der Waals surface area contributed by atoms with E-state index >= 15 is 0 Å². The molecule has 1 saturated carbocycles. The standard InChI is InChI=1S/C11H18N4O/c16-11(15-9-3-1-2-4-9)7-12-5-10-6-13-8-14-10/h6,8-9,12H,1-5,7H2,(H,13,14)(H,15,16). The predicted octanol–water partition coefficient (Wildman–Crippen LogP) is 0.558. The van der Waals surface area contributed by atoms with Gasteiger partial charge in [-0.15, -0.1) is 0 Å². The summed E-state index contributed by atoms with van der Waals surface area (Å²) in [6, 6.07) is 0.404. The van der Waals surface area contributed by atoms with E-state index < -0.39 is 0 Å². The van der Waals surface area contributed by atoms with E-state index in [1.54, 1.807) is 12.5 Å². The van der Waals surface area contributed by atoms with E-state index in [2.05, 4.69) is 20.6 Å². The molecule has 16 heavy (non-hydrogen) atoms. The van der Waals surface area contributed by atoms with Crippen LogP contribution in [0.25, 0.3) is 0 Å². The van der Waals surface area contributed by atoms with Crippen molar-refractivity contribution in [3.8, 4) is 0 Å². The van der Waals surface area contributed by atoms with Crippen molar-refractivity contribution < 1.29 is 4.79 Å². The Balaban J connectivity index is 1.60. The number of nitrogens with zero attached hydrogens (tertiary/aromatic N) is 1. The second kappa shape index (κ2) is 5.65. The monoisotopic (exact) mass is 222 g/mol. The second-order valence-electron chi connectivity index (χ2n) is 4.23. The van der Waals surface area contributed by atoms with Gasteiger partial charge in [0, 0.05) is 24.5 Å². The number of amides is 1. The normalized spacial score (nSPS) is 16.5. The van der Waals surface area contributed by atoms with Crippen molar-refractivity contribution in [2.75, 3.05) is 6.54 Å². The van der Waals surface area contributed by atoms with Crippen LogP contribution < -0.4 is 10.6 Å². The lowest BCUT2D eigenvalue weighted by Crippen LogP contribution is -2.38. The van der Waals surface area contributed by atoms with E-state index in [4.69, 9.17) is 0 Å². The molecule has 0 saturated heterocycles. The van der Waals surface area contributed by atoms with Crippen molar-refractivity contribution in [1.82, 2.24) is 20.6 Å². The second-order valence-corrected chi connectivity index (χ2v) is 4.23. The summed E-state index contributed by atoms with van der Waals surface area (Å²) in [5.41, 5.74) is 0.994. The van der Waals surface area contributed by atoms with Crippen LogP contribution in [0.15, 0.2) is 12.5 Å². The third kappa shape index (κ3) is 3.34. The summed E-state index contributed by atoms with van der Waals surface area (Å²) in [6.45, 7) is 1.02. The van der Waals surface area contributed by atoms with Crippen molar-refractivity contribution in [1.29, 1.82) is 0 Å². The van der Waals surface area contributed by atoms with E-state index in [-0.39, 0.29) is 5.91 Å². The third-order valence-electron chi connectivity index (χ3n) is 2.88. The average molecular weight is 222 g/mol. The highest BCUT2D eigenvalue weighted by Crippen LogP contribution is 2.17. The van der Waals surface area contributed by atoms with Gasteiger partial charge in [-0.25, -0.2) is 4.98 Å². The lowest BCUT2D eigenvalue weighted by atomic mass is 10.2. The van der Waals surface area contributed by atoms with E-state index in [1.165, 1.54) is 12.8 Å². The largest absolute Gasteiger partial charge is 0.352 e. The maximum Gasteiger partial charge on any atom is 0.234 e. The molecule has 0 aromatic carbocycles. The molecule has 0 unspecified atom stereocenters. The smallest absolute Gasteiger partial charge is 0.234 e. The number of aromatic amines is 1. The molecule has 88 valence electrons.